The Hall–Kier alpha value is -4.63. The number of unbranched alkanes of at least 4 members (excludes halogenated alkanes) is 16. The number of nitrogens with zero attached hydrogens (tertiary/aromatic N) is 1. The zero-order valence-corrected chi connectivity index (χ0v) is 54.7. The first-order valence-electron chi connectivity index (χ1n) is 32.8. The summed E-state index contributed by atoms with van der Waals surface area (Å²) in [5.41, 5.74) is 0. The van der Waals surface area contributed by atoms with E-state index in [0.717, 1.165) is 109 Å². The third kappa shape index (κ3) is 66.5. The average molecular weight is 1180 g/mol. The minimum absolute atomic E-state index is 0.0497. The van der Waals surface area contributed by atoms with Gasteiger partial charge in [-0.3, -0.25) is 14.2 Å². The second-order valence-corrected chi connectivity index (χ2v) is 23.8. The average Bonchev–Trinajstić information content (AvgIpc) is 3.61. The van der Waals surface area contributed by atoms with Gasteiger partial charge in [-0.1, -0.05) is 274 Å². The van der Waals surface area contributed by atoms with Crippen molar-refractivity contribution in [1.29, 1.82) is 0 Å². The lowest BCUT2D eigenvalue weighted by molar-refractivity contribution is -0.870. The third-order valence-corrected chi connectivity index (χ3v) is 14.2. The van der Waals surface area contributed by atoms with Gasteiger partial charge in [0.05, 0.1) is 27.7 Å². The predicted octanol–water partition coefficient (Wildman–Crippen LogP) is 20.7. The molecule has 0 rings (SSSR count). The van der Waals surface area contributed by atoms with Gasteiger partial charge in [-0.2, -0.15) is 0 Å². The maximum absolute atomic E-state index is 12.8. The molecule has 2 atom stereocenters. The molecule has 0 bridgehead atoms. The fourth-order valence-corrected chi connectivity index (χ4v) is 9.01. The molecule has 0 aromatic rings. The summed E-state index contributed by atoms with van der Waals surface area (Å²) in [4.78, 5) is 37.9. The second kappa shape index (κ2) is 62.9. The number of phosphoric acid groups is 1. The lowest BCUT2D eigenvalue weighted by atomic mass is 10.0. The van der Waals surface area contributed by atoms with Crippen LogP contribution in [0.3, 0.4) is 0 Å². The number of ether oxygens (including phenoxy) is 2. The zero-order chi connectivity index (χ0) is 61.2. The highest BCUT2D eigenvalue weighted by molar-refractivity contribution is 7.45. The number of hydrogen-bond donors (Lipinski definition) is 0. The molecule has 2 unspecified atom stereocenters. The van der Waals surface area contributed by atoms with E-state index in [0.29, 0.717) is 23.9 Å². The van der Waals surface area contributed by atoms with Crippen molar-refractivity contribution >= 4 is 19.8 Å². The van der Waals surface area contributed by atoms with Crippen LogP contribution >= 0.6 is 7.82 Å². The number of esters is 2. The van der Waals surface area contributed by atoms with E-state index < -0.39 is 32.5 Å². The first-order valence-corrected chi connectivity index (χ1v) is 34.3. The van der Waals surface area contributed by atoms with E-state index in [1.807, 2.05) is 33.3 Å². The number of carbonyl (C=O) groups is 2. The van der Waals surface area contributed by atoms with Gasteiger partial charge >= 0.3 is 11.9 Å². The van der Waals surface area contributed by atoms with E-state index in [1.165, 1.54) is 83.5 Å². The number of rotatable bonds is 58. The third-order valence-electron chi connectivity index (χ3n) is 13.2. The normalized spacial score (nSPS) is 14.3. The van der Waals surface area contributed by atoms with Crippen molar-refractivity contribution in [2.45, 2.75) is 238 Å². The van der Waals surface area contributed by atoms with Gasteiger partial charge in [0.25, 0.3) is 7.82 Å². The molecule has 0 N–H and O–H groups in total. The summed E-state index contributed by atoms with van der Waals surface area (Å²) in [7, 11) is 1.11. The van der Waals surface area contributed by atoms with Gasteiger partial charge < -0.3 is 27.9 Å². The summed E-state index contributed by atoms with van der Waals surface area (Å²) in [5.74, 6) is -0.940. The van der Waals surface area contributed by atoms with Crippen molar-refractivity contribution in [3.63, 3.8) is 0 Å². The molecule has 0 amide bonds. The molecule has 0 aliphatic carbocycles. The maximum atomic E-state index is 12.8. The van der Waals surface area contributed by atoms with Crippen LogP contribution in [-0.2, 0) is 32.7 Å². The Bertz CT molecular complexity index is 2020. The van der Waals surface area contributed by atoms with Crippen LogP contribution in [0.15, 0.2) is 170 Å². The standard InChI is InChI=1S/C74H120NO8P/c1-6-8-10-12-14-16-18-20-22-24-26-27-28-29-30-31-32-33-34-35-36-37-38-39-40-41-42-43-44-45-46-47-49-51-53-55-57-59-61-63-65-67-74(77)83-72(71-82-84(78,79)81-69-68-75(3,4)5)70-80-73(76)66-64-62-60-58-56-54-52-50-48-25-23-21-19-17-15-13-11-9-7-2/h8-11,14-17,20-23,26-27,29-30,32-33,35-36,38-39,48,50,54,56,60,62,72H,6-7,12-13,18-19,24-25,28,31,34,37,40-47,49,51-53,55,57-59,61,63-71H2,1-5H3/b10-8-,11-9-,16-14-,17-15-,22-20-,23-21-,27-26-,30-29-,33-32-,36-35-,39-38-,50-48-,56-54-,62-60-. The molecule has 0 saturated carbocycles. The van der Waals surface area contributed by atoms with Crippen LogP contribution in [0.4, 0.5) is 0 Å². The Morgan fingerprint density at radius 2 is 0.667 bits per heavy atom. The van der Waals surface area contributed by atoms with E-state index in [9.17, 15) is 19.0 Å². The van der Waals surface area contributed by atoms with Crippen LogP contribution < -0.4 is 4.89 Å². The van der Waals surface area contributed by atoms with Crippen molar-refractivity contribution in [1.82, 2.24) is 0 Å². The summed E-state index contributed by atoms with van der Waals surface area (Å²) < 4.78 is 34.1. The van der Waals surface area contributed by atoms with Crippen LogP contribution in [-0.4, -0.2) is 70.0 Å². The summed E-state index contributed by atoms with van der Waals surface area (Å²) in [6, 6.07) is 0. The second-order valence-electron chi connectivity index (χ2n) is 22.4. The summed E-state index contributed by atoms with van der Waals surface area (Å²) in [6.45, 7) is 3.91. The lowest BCUT2D eigenvalue weighted by Crippen LogP contribution is -2.37. The molecule has 0 aliphatic rings. The quantitative estimate of drug-likeness (QED) is 0.0195. The van der Waals surface area contributed by atoms with Crippen LogP contribution in [0.25, 0.3) is 0 Å². The van der Waals surface area contributed by atoms with E-state index in [1.54, 1.807) is 0 Å². The van der Waals surface area contributed by atoms with Crippen LogP contribution in [0.1, 0.15) is 232 Å². The molecule has 9 nitrogen and oxygen atoms in total. The number of hydrogen-bond acceptors (Lipinski definition) is 8. The fourth-order valence-electron chi connectivity index (χ4n) is 8.29. The molecule has 0 aromatic carbocycles. The Kier molecular flexibility index (Phi) is 59.4. The maximum Gasteiger partial charge on any atom is 0.306 e. The molecular weight excluding hydrogens is 1060 g/mol. The first-order chi connectivity index (χ1) is 41.0. The van der Waals surface area contributed by atoms with Gasteiger partial charge in [0.15, 0.2) is 6.10 Å². The van der Waals surface area contributed by atoms with Crippen LogP contribution in [0.2, 0.25) is 0 Å². The Morgan fingerprint density at radius 3 is 1.00 bits per heavy atom. The Labute approximate surface area is 515 Å². The molecular formula is C74H120NO8P. The van der Waals surface area contributed by atoms with E-state index in [4.69, 9.17) is 18.5 Å². The van der Waals surface area contributed by atoms with E-state index >= 15 is 0 Å². The Balaban J connectivity index is 4.09. The number of phosphoric ester groups is 1. The number of quaternary nitrogens is 1. The fraction of sp³-hybridized carbons (Fsp3) is 0.595. The monoisotopic (exact) mass is 1180 g/mol. The first kappa shape index (κ1) is 79.4. The highest BCUT2D eigenvalue weighted by atomic mass is 31.2. The van der Waals surface area contributed by atoms with E-state index in [2.05, 4.69) is 172 Å². The van der Waals surface area contributed by atoms with Crippen molar-refractivity contribution in [2.75, 3.05) is 47.5 Å². The van der Waals surface area contributed by atoms with Crippen molar-refractivity contribution in [3.8, 4) is 0 Å². The highest BCUT2D eigenvalue weighted by Crippen LogP contribution is 2.38. The topological polar surface area (TPSA) is 111 Å². The molecule has 10 heteroatoms. The molecule has 474 valence electrons. The van der Waals surface area contributed by atoms with Crippen LogP contribution in [0.5, 0.6) is 0 Å². The summed E-state index contributed by atoms with van der Waals surface area (Å²) in [6.07, 6.45) is 95.9. The van der Waals surface area contributed by atoms with Gasteiger partial charge in [-0.15, -0.1) is 0 Å². The molecule has 0 aromatic heterocycles. The van der Waals surface area contributed by atoms with Gasteiger partial charge in [-0.25, -0.2) is 0 Å². The minimum Gasteiger partial charge on any atom is -0.756 e. The molecule has 0 spiro atoms. The molecule has 0 radical (unpaired) electrons. The lowest BCUT2D eigenvalue weighted by Gasteiger charge is -2.28. The smallest absolute Gasteiger partial charge is 0.306 e. The SMILES string of the molecule is CC/C=C\C/C=C\C/C=C\C/C=C\C/C=C\C/C=C\C/C=C\C/C=C\CCCCCCCCCCCCCCCCCCC(=O)OC(COC(=O)CC/C=C\C/C=C\C/C=C\C/C=C\C/C=C\C/C=C\CC)COP(=O)([O-])OCC[N+](C)(C)C. The molecule has 0 fully saturated rings. The van der Waals surface area contributed by atoms with Gasteiger partial charge in [0, 0.05) is 12.8 Å². The highest BCUT2D eigenvalue weighted by Gasteiger charge is 2.21. The van der Waals surface area contributed by atoms with Gasteiger partial charge in [0.1, 0.15) is 19.8 Å². The van der Waals surface area contributed by atoms with Crippen molar-refractivity contribution < 1.29 is 42.1 Å². The molecule has 84 heavy (non-hydrogen) atoms. The molecule has 0 saturated heterocycles. The van der Waals surface area contributed by atoms with Crippen LogP contribution in [0, 0.1) is 0 Å². The summed E-state index contributed by atoms with van der Waals surface area (Å²) in [5, 5.41) is 0. The number of likely N-dealkylation sites (N-methyl/N-ethyl adjacent to an activating group) is 1. The number of allylic oxidation sites excluding steroid dienone is 28. The Morgan fingerprint density at radius 1 is 0.369 bits per heavy atom. The number of carbonyl (C=O) groups excluding carboxylic acids is 2. The van der Waals surface area contributed by atoms with Gasteiger partial charge in [0.2, 0.25) is 0 Å². The predicted molar refractivity (Wildman–Crippen MR) is 360 cm³/mol. The van der Waals surface area contributed by atoms with Crippen molar-refractivity contribution in [3.05, 3.63) is 170 Å². The zero-order valence-electron chi connectivity index (χ0n) is 53.8. The van der Waals surface area contributed by atoms with Crippen molar-refractivity contribution in [2.24, 2.45) is 0 Å². The molecule has 0 heterocycles. The molecule has 0 aliphatic heterocycles. The summed E-state index contributed by atoms with van der Waals surface area (Å²) >= 11 is 0. The minimum atomic E-state index is -4.66. The van der Waals surface area contributed by atoms with E-state index in [-0.39, 0.29) is 26.1 Å². The largest absolute Gasteiger partial charge is 0.756 e. The van der Waals surface area contributed by atoms with Gasteiger partial charge in [-0.05, 0) is 116 Å².